The molecule has 0 aromatic heterocycles. The van der Waals surface area contributed by atoms with Crippen LogP contribution in [0.3, 0.4) is 0 Å². The van der Waals surface area contributed by atoms with E-state index in [0.717, 1.165) is 89.9 Å². The van der Waals surface area contributed by atoms with Crippen molar-refractivity contribution in [2.24, 2.45) is 0 Å². The van der Waals surface area contributed by atoms with E-state index >= 15 is 0 Å². The van der Waals surface area contributed by atoms with E-state index < -0.39 is 6.10 Å². The number of hydrogen-bond acceptors (Lipinski definition) is 6. The van der Waals surface area contributed by atoms with Crippen molar-refractivity contribution in [2.75, 3.05) is 13.2 Å². The Labute approximate surface area is 400 Å². The Morgan fingerprint density at radius 1 is 0.323 bits per heavy atom. The van der Waals surface area contributed by atoms with Gasteiger partial charge in [-0.15, -0.1) is 0 Å². The molecule has 65 heavy (non-hydrogen) atoms. The Balaban J connectivity index is 4.32. The van der Waals surface area contributed by atoms with Gasteiger partial charge in [-0.05, 0) is 96.3 Å². The van der Waals surface area contributed by atoms with Crippen molar-refractivity contribution in [1.82, 2.24) is 0 Å². The summed E-state index contributed by atoms with van der Waals surface area (Å²) in [6.45, 7) is 6.40. The summed E-state index contributed by atoms with van der Waals surface area (Å²) in [5.74, 6) is -0.976. The maximum Gasteiger partial charge on any atom is 0.306 e. The molecular formula is C59H98O6. The van der Waals surface area contributed by atoms with Crippen LogP contribution in [0.25, 0.3) is 0 Å². The van der Waals surface area contributed by atoms with Crippen LogP contribution in [-0.2, 0) is 28.6 Å². The van der Waals surface area contributed by atoms with Crippen LogP contribution in [0.5, 0.6) is 0 Å². The molecule has 0 fully saturated rings. The minimum absolute atomic E-state index is 0.0979. The SMILES string of the molecule is CC/C=C\C/C=C\C/C=C\C/C=C\C/C=C\C/C=C\C/C=C\CCCC(=O)OCC(COC(=O)CCCCCCCC)OC(=O)CCCCCCCCC/C=C\CCCCCCCCC. The summed E-state index contributed by atoms with van der Waals surface area (Å²) in [5.41, 5.74) is 0. The molecule has 0 amide bonds. The fourth-order valence-electron chi connectivity index (χ4n) is 7.07. The highest BCUT2D eigenvalue weighted by molar-refractivity contribution is 5.71. The largest absolute Gasteiger partial charge is 0.462 e. The highest BCUT2D eigenvalue weighted by atomic mass is 16.6. The maximum atomic E-state index is 12.8. The van der Waals surface area contributed by atoms with Gasteiger partial charge in [0.2, 0.25) is 0 Å². The zero-order valence-electron chi connectivity index (χ0n) is 42.2. The number of carbonyl (C=O) groups excluding carboxylic acids is 3. The van der Waals surface area contributed by atoms with E-state index in [9.17, 15) is 14.4 Å². The lowest BCUT2D eigenvalue weighted by atomic mass is 10.1. The third kappa shape index (κ3) is 51.2. The Bertz CT molecular complexity index is 1310. The minimum Gasteiger partial charge on any atom is -0.462 e. The molecule has 1 atom stereocenters. The van der Waals surface area contributed by atoms with Gasteiger partial charge in [0.15, 0.2) is 6.10 Å². The van der Waals surface area contributed by atoms with Gasteiger partial charge in [0.05, 0.1) is 0 Å². The van der Waals surface area contributed by atoms with E-state index in [-0.39, 0.29) is 37.5 Å². The van der Waals surface area contributed by atoms with Crippen molar-refractivity contribution >= 4 is 17.9 Å². The molecular weight excluding hydrogens is 805 g/mol. The summed E-state index contributed by atoms with van der Waals surface area (Å²) in [6.07, 6.45) is 70.0. The van der Waals surface area contributed by atoms with Gasteiger partial charge in [0, 0.05) is 19.3 Å². The summed E-state index contributed by atoms with van der Waals surface area (Å²) in [5, 5.41) is 0. The van der Waals surface area contributed by atoms with E-state index in [1.54, 1.807) is 0 Å². The molecule has 0 aliphatic heterocycles. The van der Waals surface area contributed by atoms with Gasteiger partial charge in [-0.2, -0.15) is 0 Å². The summed E-state index contributed by atoms with van der Waals surface area (Å²) in [4.78, 5) is 37.8. The van der Waals surface area contributed by atoms with Crippen molar-refractivity contribution in [2.45, 2.75) is 245 Å². The van der Waals surface area contributed by atoms with E-state index in [4.69, 9.17) is 14.2 Å². The molecule has 0 bridgehead atoms. The fourth-order valence-corrected chi connectivity index (χ4v) is 7.07. The third-order valence-corrected chi connectivity index (χ3v) is 11.1. The van der Waals surface area contributed by atoms with Crippen LogP contribution in [0.2, 0.25) is 0 Å². The first-order chi connectivity index (χ1) is 32.0. The van der Waals surface area contributed by atoms with E-state index in [0.29, 0.717) is 19.3 Å². The molecule has 370 valence electrons. The van der Waals surface area contributed by atoms with Crippen LogP contribution < -0.4 is 0 Å². The molecule has 0 N–H and O–H groups in total. The second kappa shape index (κ2) is 52.9. The van der Waals surface area contributed by atoms with Crippen molar-refractivity contribution in [3.8, 4) is 0 Å². The van der Waals surface area contributed by atoms with Crippen LogP contribution in [0, 0.1) is 0 Å². The summed E-state index contributed by atoms with van der Waals surface area (Å²) >= 11 is 0. The standard InChI is InChI=1S/C59H98O6/c1-4-7-10-13-16-18-20-22-24-26-28-29-30-31-32-34-35-37-39-41-43-46-49-52-58(61)64-55-56(54-63-57(60)51-48-45-15-12-9-6-3)65-59(62)53-50-47-44-42-40-38-36-33-27-25-23-21-19-17-14-11-8-5-2/h7,10,16,18,22,24-25,27-29,31-32,35,37,41,43,56H,4-6,8-9,11-15,17,19-21,23,26,30,33-34,36,38-40,42,44-55H2,1-3H3/b10-7-,18-16-,24-22-,27-25-,29-28-,32-31-,37-35-,43-41-. The van der Waals surface area contributed by atoms with Crippen molar-refractivity contribution < 1.29 is 28.6 Å². The molecule has 0 aromatic rings. The van der Waals surface area contributed by atoms with E-state index in [1.165, 1.54) is 103 Å². The number of esters is 3. The predicted molar refractivity (Wildman–Crippen MR) is 279 cm³/mol. The molecule has 6 heteroatoms. The van der Waals surface area contributed by atoms with Crippen molar-refractivity contribution in [1.29, 1.82) is 0 Å². The Kier molecular flexibility index (Phi) is 50.0. The van der Waals surface area contributed by atoms with Gasteiger partial charge in [0.1, 0.15) is 13.2 Å². The van der Waals surface area contributed by atoms with Gasteiger partial charge in [-0.1, -0.05) is 221 Å². The fraction of sp³-hybridized carbons (Fsp3) is 0.678. The monoisotopic (exact) mass is 903 g/mol. The zero-order chi connectivity index (χ0) is 47.2. The van der Waals surface area contributed by atoms with Crippen molar-refractivity contribution in [3.05, 3.63) is 97.2 Å². The van der Waals surface area contributed by atoms with Crippen LogP contribution in [0.15, 0.2) is 97.2 Å². The highest BCUT2D eigenvalue weighted by Crippen LogP contribution is 2.14. The third-order valence-electron chi connectivity index (χ3n) is 11.1. The Hall–Kier alpha value is -3.67. The minimum atomic E-state index is -0.800. The molecule has 0 heterocycles. The molecule has 0 rings (SSSR count). The summed E-state index contributed by atoms with van der Waals surface area (Å²) < 4.78 is 16.7. The molecule has 6 nitrogen and oxygen atoms in total. The van der Waals surface area contributed by atoms with E-state index in [1.807, 2.05) is 0 Å². The smallest absolute Gasteiger partial charge is 0.306 e. The number of ether oxygens (including phenoxy) is 3. The number of allylic oxidation sites excluding steroid dienone is 16. The first-order valence-electron chi connectivity index (χ1n) is 26.7. The summed E-state index contributed by atoms with van der Waals surface area (Å²) in [7, 11) is 0. The molecule has 0 aliphatic carbocycles. The van der Waals surface area contributed by atoms with Crippen molar-refractivity contribution in [3.63, 3.8) is 0 Å². The lowest BCUT2D eigenvalue weighted by molar-refractivity contribution is -0.167. The number of carbonyl (C=O) groups is 3. The lowest BCUT2D eigenvalue weighted by Gasteiger charge is -2.18. The van der Waals surface area contributed by atoms with Gasteiger partial charge in [-0.25, -0.2) is 0 Å². The van der Waals surface area contributed by atoms with Crippen LogP contribution in [0.4, 0.5) is 0 Å². The molecule has 0 aromatic carbocycles. The van der Waals surface area contributed by atoms with Crippen LogP contribution >= 0.6 is 0 Å². The predicted octanol–water partition coefficient (Wildman–Crippen LogP) is 17.8. The zero-order valence-corrected chi connectivity index (χ0v) is 42.2. The Morgan fingerprint density at radius 3 is 1.02 bits per heavy atom. The van der Waals surface area contributed by atoms with Gasteiger partial charge in [-0.3, -0.25) is 14.4 Å². The second-order valence-electron chi connectivity index (χ2n) is 17.4. The van der Waals surface area contributed by atoms with E-state index in [2.05, 4.69) is 118 Å². The first kappa shape index (κ1) is 61.3. The maximum absolute atomic E-state index is 12.8. The highest BCUT2D eigenvalue weighted by Gasteiger charge is 2.19. The molecule has 0 spiro atoms. The number of hydrogen-bond donors (Lipinski definition) is 0. The Morgan fingerprint density at radius 2 is 0.615 bits per heavy atom. The molecule has 1 unspecified atom stereocenters. The quantitative estimate of drug-likeness (QED) is 0.0262. The molecule has 0 saturated carbocycles. The first-order valence-corrected chi connectivity index (χ1v) is 26.7. The second-order valence-corrected chi connectivity index (χ2v) is 17.4. The average Bonchev–Trinajstić information content (AvgIpc) is 3.30. The lowest BCUT2D eigenvalue weighted by Crippen LogP contribution is -2.30. The van der Waals surface area contributed by atoms with Gasteiger partial charge < -0.3 is 14.2 Å². The van der Waals surface area contributed by atoms with Gasteiger partial charge >= 0.3 is 17.9 Å². The molecule has 0 radical (unpaired) electrons. The topological polar surface area (TPSA) is 78.9 Å². The van der Waals surface area contributed by atoms with Gasteiger partial charge in [0.25, 0.3) is 0 Å². The normalized spacial score (nSPS) is 12.8. The van der Waals surface area contributed by atoms with Crippen LogP contribution in [0.1, 0.15) is 239 Å². The summed E-state index contributed by atoms with van der Waals surface area (Å²) in [6, 6.07) is 0. The molecule has 0 saturated heterocycles. The molecule has 0 aliphatic rings. The number of unbranched alkanes of at least 4 members (excludes halogenated alkanes) is 20. The average molecular weight is 903 g/mol. The number of rotatable bonds is 47. The van der Waals surface area contributed by atoms with Crippen LogP contribution in [-0.4, -0.2) is 37.2 Å².